The number of likely N-dealkylation sites (tertiary alicyclic amines) is 1. The molecule has 0 aromatic carbocycles. The van der Waals surface area contributed by atoms with Gasteiger partial charge in [0.05, 0.1) is 19.7 Å². The maximum atomic E-state index is 12.5. The molecule has 5 heteroatoms. The number of amides is 1. The first-order chi connectivity index (χ1) is 11.6. The summed E-state index contributed by atoms with van der Waals surface area (Å²) in [6, 6.07) is 0.564. The summed E-state index contributed by atoms with van der Waals surface area (Å²) < 4.78 is 6.19. The van der Waals surface area contributed by atoms with Crippen molar-refractivity contribution in [1.29, 1.82) is 0 Å². The first-order valence-corrected chi connectivity index (χ1v) is 9.98. The predicted molar refractivity (Wildman–Crippen MR) is 93.9 cm³/mol. The molecule has 1 aliphatic carbocycles. The minimum atomic E-state index is -0.0176. The molecule has 136 valence electrons. The van der Waals surface area contributed by atoms with Crippen molar-refractivity contribution in [2.24, 2.45) is 5.92 Å². The molecule has 0 aromatic heterocycles. The van der Waals surface area contributed by atoms with E-state index in [1.54, 1.807) is 0 Å². The largest absolute Gasteiger partial charge is 0.370 e. The molecule has 0 aromatic rings. The van der Waals surface area contributed by atoms with Crippen molar-refractivity contribution < 1.29 is 9.53 Å². The van der Waals surface area contributed by atoms with Crippen LogP contribution in [0.5, 0.6) is 0 Å². The third-order valence-electron chi connectivity index (χ3n) is 6.74. The van der Waals surface area contributed by atoms with Crippen molar-refractivity contribution in [3.8, 4) is 0 Å². The average molecular weight is 335 g/mol. The van der Waals surface area contributed by atoms with E-state index in [-0.39, 0.29) is 5.60 Å². The van der Waals surface area contributed by atoms with Crippen LogP contribution in [-0.4, -0.2) is 85.2 Å². The van der Waals surface area contributed by atoms with Crippen LogP contribution in [0.4, 0.5) is 0 Å². The van der Waals surface area contributed by atoms with Crippen molar-refractivity contribution in [3.63, 3.8) is 0 Å². The van der Waals surface area contributed by atoms with Gasteiger partial charge in [-0.25, -0.2) is 0 Å². The summed E-state index contributed by atoms with van der Waals surface area (Å²) in [4.78, 5) is 19.6. The van der Waals surface area contributed by atoms with Crippen molar-refractivity contribution in [3.05, 3.63) is 0 Å². The molecule has 4 fully saturated rings. The van der Waals surface area contributed by atoms with Gasteiger partial charge in [-0.15, -0.1) is 0 Å². The van der Waals surface area contributed by atoms with Crippen LogP contribution in [0.1, 0.15) is 44.9 Å². The molecule has 1 atom stereocenters. The lowest BCUT2D eigenvalue weighted by atomic mass is 9.84. The van der Waals surface area contributed by atoms with Crippen LogP contribution in [0.15, 0.2) is 0 Å². The quantitative estimate of drug-likeness (QED) is 0.784. The molecule has 3 saturated heterocycles. The molecule has 3 aliphatic heterocycles. The lowest BCUT2D eigenvalue weighted by molar-refractivity contribution is -0.158. The third kappa shape index (κ3) is 3.49. The Morgan fingerprint density at radius 1 is 1.08 bits per heavy atom. The zero-order valence-electron chi connectivity index (χ0n) is 15.2. The van der Waals surface area contributed by atoms with E-state index in [0.717, 1.165) is 58.7 Å². The highest BCUT2D eigenvalue weighted by atomic mass is 16.5. The summed E-state index contributed by atoms with van der Waals surface area (Å²) in [7, 11) is 2.20. The summed E-state index contributed by atoms with van der Waals surface area (Å²) in [6.45, 7) is 7.17. The Labute approximate surface area is 146 Å². The average Bonchev–Trinajstić information content (AvgIpc) is 3.01. The molecule has 24 heavy (non-hydrogen) atoms. The SMILES string of the molecule is CN1CCN(C2COC3(C2)CN(C(=O)CC2CCCCC2)C3)CC1. The van der Waals surface area contributed by atoms with Gasteiger partial charge in [-0.05, 0) is 32.2 Å². The first kappa shape index (κ1) is 16.8. The number of hydrogen-bond donors (Lipinski definition) is 0. The highest BCUT2D eigenvalue weighted by Gasteiger charge is 2.52. The minimum Gasteiger partial charge on any atom is -0.370 e. The number of carbonyl (C=O) groups is 1. The Morgan fingerprint density at radius 2 is 1.79 bits per heavy atom. The molecular formula is C19H33N3O2. The summed E-state index contributed by atoms with van der Waals surface area (Å²) in [5, 5.41) is 0. The standard InChI is InChI=1S/C19H33N3O2/c1-20-7-9-21(10-8-20)17-12-19(24-13-17)14-22(15-19)18(23)11-16-5-3-2-4-6-16/h16-17H,2-15H2,1H3. The molecule has 4 rings (SSSR count). The van der Waals surface area contributed by atoms with Gasteiger partial charge in [0, 0.05) is 38.6 Å². The van der Waals surface area contributed by atoms with Crippen molar-refractivity contribution in [2.75, 3.05) is 52.9 Å². The van der Waals surface area contributed by atoms with Crippen LogP contribution >= 0.6 is 0 Å². The van der Waals surface area contributed by atoms with Gasteiger partial charge < -0.3 is 14.5 Å². The van der Waals surface area contributed by atoms with Gasteiger partial charge in [0.2, 0.25) is 5.91 Å². The molecule has 1 amide bonds. The zero-order chi connectivity index (χ0) is 16.6. The van der Waals surface area contributed by atoms with Crippen LogP contribution in [0.25, 0.3) is 0 Å². The Bertz CT molecular complexity index is 450. The van der Waals surface area contributed by atoms with Gasteiger partial charge in [0.25, 0.3) is 0 Å². The molecular weight excluding hydrogens is 302 g/mol. The van der Waals surface area contributed by atoms with Crippen LogP contribution in [0, 0.1) is 5.92 Å². The molecule has 5 nitrogen and oxygen atoms in total. The van der Waals surface area contributed by atoms with Crippen LogP contribution < -0.4 is 0 Å². The molecule has 1 unspecified atom stereocenters. The number of likely N-dealkylation sites (N-methyl/N-ethyl adjacent to an activating group) is 1. The third-order valence-corrected chi connectivity index (χ3v) is 6.74. The number of carbonyl (C=O) groups excluding carboxylic acids is 1. The summed E-state index contributed by atoms with van der Waals surface area (Å²) >= 11 is 0. The molecule has 1 saturated carbocycles. The predicted octanol–water partition coefficient (Wildman–Crippen LogP) is 1.57. The Hall–Kier alpha value is -0.650. The van der Waals surface area contributed by atoms with E-state index in [1.165, 1.54) is 32.1 Å². The van der Waals surface area contributed by atoms with Crippen LogP contribution in [0.2, 0.25) is 0 Å². The first-order valence-electron chi connectivity index (χ1n) is 9.98. The number of rotatable bonds is 3. The maximum Gasteiger partial charge on any atom is 0.223 e. The van der Waals surface area contributed by atoms with E-state index in [9.17, 15) is 4.79 Å². The second-order valence-electron chi connectivity index (χ2n) is 8.65. The number of piperazine rings is 1. The van der Waals surface area contributed by atoms with Gasteiger partial charge in [-0.2, -0.15) is 0 Å². The molecule has 3 heterocycles. The van der Waals surface area contributed by atoms with Crippen molar-refractivity contribution >= 4 is 5.91 Å². The molecule has 1 spiro atoms. The fourth-order valence-electron chi connectivity index (χ4n) is 5.06. The van der Waals surface area contributed by atoms with Gasteiger partial charge in [0.15, 0.2) is 0 Å². The molecule has 0 bridgehead atoms. The fourth-order valence-corrected chi connectivity index (χ4v) is 5.06. The second-order valence-corrected chi connectivity index (χ2v) is 8.65. The van der Waals surface area contributed by atoms with E-state index in [0.29, 0.717) is 17.9 Å². The van der Waals surface area contributed by atoms with Crippen molar-refractivity contribution in [1.82, 2.24) is 14.7 Å². The Balaban J connectivity index is 1.22. The van der Waals surface area contributed by atoms with Gasteiger partial charge in [-0.1, -0.05) is 19.3 Å². The number of nitrogens with zero attached hydrogens (tertiary/aromatic N) is 3. The van der Waals surface area contributed by atoms with Gasteiger partial charge in [0.1, 0.15) is 5.60 Å². The molecule has 0 radical (unpaired) electrons. The lowest BCUT2D eigenvalue weighted by Gasteiger charge is -2.48. The zero-order valence-corrected chi connectivity index (χ0v) is 15.2. The Morgan fingerprint density at radius 3 is 2.50 bits per heavy atom. The van der Waals surface area contributed by atoms with E-state index in [2.05, 4.69) is 21.7 Å². The minimum absolute atomic E-state index is 0.0176. The monoisotopic (exact) mass is 335 g/mol. The highest BCUT2D eigenvalue weighted by molar-refractivity contribution is 5.77. The van der Waals surface area contributed by atoms with Crippen LogP contribution in [-0.2, 0) is 9.53 Å². The van der Waals surface area contributed by atoms with Crippen molar-refractivity contribution in [2.45, 2.75) is 56.6 Å². The Kier molecular flexibility index (Phi) is 4.85. The summed E-state index contributed by atoms with van der Waals surface area (Å²) in [6.07, 6.45) is 8.40. The normalized spacial score (nSPS) is 32.2. The number of hydrogen-bond acceptors (Lipinski definition) is 4. The van der Waals surface area contributed by atoms with Crippen LogP contribution in [0.3, 0.4) is 0 Å². The molecule has 0 N–H and O–H groups in total. The summed E-state index contributed by atoms with van der Waals surface area (Å²) in [5.41, 5.74) is -0.0176. The fraction of sp³-hybridized carbons (Fsp3) is 0.947. The molecule has 4 aliphatic rings. The summed E-state index contributed by atoms with van der Waals surface area (Å²) in [5.74, 6) is 1.02. The second kappa shape index (κ2) is 6.93. The smallest absolute Gasteiger partial charge is 0.223 e. The lowest BCUT2D eigenvalue weighted by Crippen LogP contribution is -2.63. The van der Waals surface area contributed by atoms with Gasteiger partial charge in [-0.3, -0.25) is 9.69 Å². The van der Waals surface area contributed by atoms with Gasteiger partial charge >= 0.3 is 0 Å². The van der Waals surface area contributed by atoms with E-state index in [1.807, 2.05) is 0 Å². The van der Waals surface area contributed by atoms with E-state index in [4.69, 9.17) is 4.74 Å². The topological polar surface area (TPSA) is 36.0 Å². The highest BCUT2D eigenvalue weighted by Crippen LogP contribution is 2.38. The maximum absolute atomic E-state index is 12.5. The van der Waals surface area contributed by atoms with E-state index < -0.39 is 0 Å². The number of ether oxygens (including phenoxy) is 1. The van der Waals surface area contributed by atoms with E-state index >= 15 is 0 Å².